The zero-order chi connectivity index (χ0) is 21.7. The minimum absolute atomic E-state index is 0.0318. The Kier molecular flexibility index (Phi) is 6.95. The number of anilines is 1. The van der Waals surface area contributed by atoms with Crippen molar-refractivity contribution in [3.05, 3.63) is 65.7 Å². The van der Waals surface area contributed by atoms with Gasteiger partial charge in [0.1, 0.15) is 10.7 Å². The molecule has 0 saturated carbocycles. The summed E-state index contributed by atoms with van der Waals surface area (Å²) in [6.07, 6.45) is 0. The second kappa shape index (κ2) is 9.45. The Labute approximate surface area is 185 Å². The molecule has 1 heterocycles. The molecule has 0 atom stereocenters. The molecule has 2 amide bonds. The number of carbonyl (C=O) groups is 2. The fourth-order valence-electron chi connectivity index (χ4n) is 2.73. The van der Waals surface area contributed by atoms with E-state index in [0.29, 0.717) is 16.3 Å². The number of nitrogens with one attached hydrogen (secondary N) is 2. The van der Waals surface area contributed by atoms with E-state index in [0.717, 1.165) is 9.90 Å². The molecule has 0 saturated heterocycles. The molecule has 0 fully saturated rings. The van der Waals surface area contributed by atoms with E-state index >= 15 is 0 Å². The Hall–Kier alpha value is -2.64. The number of hydrogen-bond acceptors (Lipinski definition) is 5. The van der Waals surface area contributed by atoms with Gasteiger partial charge in [0.05, 0.1) is 5.75 Å². The van der Waals surface area contributed by atoms with Crippen LogP contribution >= 0.6 is 23.1 Å². The van der Waals surface area contributed by atoms with Gasteiger partial charge in [-0.25, -0.2) is 4.98 Å². The van der Waals surface area contributed by atoms with Crippen LogP contribution in [0, 0.1) is 0 Å². The van der Waals surface area contributed by atoms with Crippen LogP contribution in [0.3, 0.4) is 0 Å². The first-order chi connectivity index (χ1) is 14.3. The predicted molar refractivity (Wildman–Crippen MR) is 125 cm³/mol. The maximum atomic E-state index is 12.9. The lowest BCUT2D eigenvalue weighted by Gasteiger charge is -2.19. The van der Waals surface area contributed by atoms with E-state index in [9.17, 15) is 9.59 Å². The number of thiazole rings is 1. The third-order valence-electron chi connectivity index (χ3n) is 4.50. The summed E-state index contributed by atoms with van der Waals surface area (Å²) in [5.74, 6) is 0.0278. The van der Waals surface area contributed by atoms with Crippen molar-refractivity contribution < 1.29 is 9.59 Å². The molecule has 0 aliphatic heterocycles. The maximum Gasteiger partial charge on any atom is 0.256 e. The van der Waals surface area contributed by atoms with Crippen molar-refractivity contribution in [3.8, 4) is 11.3 Å². The molecule has 0 aliphatic rings. The molecule has 0 aliphatic carbocycles. The fraction of sp³-hybridized carbons (Fsp3) is 0.261. The largest absolute Gasteiger partial charge is 0.358 e. The Bertz CT molecular complexity index is 1020. The minimum Gasteiger partial charge on any atom is -0.358 e. The smallest absolute Gasteiger partial charge is 0.256 e. The topological polar surface area (TPSA) is 71.1 Å². The summed E-state index contributed by atoms with van der Waals surface area (Å²) >= 11 is 2.73. The number of nitrogens with zero attached hydrogens (tertiary/aromatic N) is 1. The van der Waals surface area contributed by atoms with Crippen molar-refractivity contribution in [1.29, 1.82) is 0 Å². The van der Waals surface area contributed by atoms with Crippen LogP contribution in [0.2, 0.25) is 0 Å². The lowest BCUT2D eigenvalue weighted by Crippen LogP contribution is -2.19. The molecule has 3 rings (SSSR count). The lowest BCUT2D eigenvalue weighted by molar-refractivity contribution is -0.118. The molecule has 2 aromatic carbocycles. The van der Waals surface area contributed by atoms with Gasteiger partial charge in [0.15, 0.2) is 4.34 Å². The van der Waals surface area contributed by atoms with Crippen LogP contribution in [0.25, 0.3) is 11.3 Å². The highest BCUT2D eigenvalue weighted by molar-refractivity contribution is 8.01. The number of benzene rings is 2. The molecule has 0 spiro atoms. The summed E-state index contributed by atoms with van der Waals surface area (Å²) in [5, 5.41) is 6.28. The highest BCUT2D eigenvalue weighted by Gasteiger charge is 2.18. The molecule has 2 N–H and O–H groups in total. The number of hydrogen-bond donors (Lipinski definition) is 2. The molecule has 1 aromatic heterocycles. The SMILES string of the molecule is CNC(=O)CSc1nc(-c2ccccc2)c(NC(=O)c2ccc(C(C)(C)C)cc2)s1. The van der Waals surface area contributed by atoms with Crippen LogP contribution in [-0.2, 0) is 10.2 Å². The normalized spacial score (nSPS) is 11.2. The van der Waals surface area contributed by atoms with Gasteiger partial charge in [0.2, 0.25) is 5.91 Å². The molecule has 0 radical (unpaired) electrons. The highest BCUT2D eigenvalue weighted by Crippen LogP contribution is 2.37. The Morgan fingerprint density at radius 1 is 1.03 bits per heavy atom. The van der Waals surface area contributed by atoms with Gasteiger partial charge < -0.3 is 10.6 Å². The van der Waals surface area contributed by atoms with E-state index < -0.39 is 0 Å². The van der Waals surface area contributed by atoms with Gasteiger partial charge in [0.25, 0.3) is 5.91 Å². The Balaban J connectivity index is 1.85. The first kappa shape index (κ1) is 22.1. The van der Waals surface area contributed by atoms with Gasteiger partial charge in [-0.2, -0.15) is 0 Å². The summed E-state index contributed by atoms with van der Waals surface area (Å²) in [4.78, 5) is 29.1. The number of carbonyl (C=O) groups excluding carboxylic acids is 2. The maximum absolute atomic E-state index is 12.9. The molecular formula is C23H25N3O2S2. The van der Waals surface area contributed by atoms with Crippen molar-refractivity contribution in [3.63, 3.8) is 0 Å². The lowest BCUT2D eigenvalue weighted by atomic mass is 9.87. The number of rotatable bonds is 6. The first-order valence-corrected chi connectivity index (χ1v) is 11.4. The van der Waals surface area contributed by atoms with Gasteiger partial charge in [-0.05, 0) is 23.1 Å². The number of thioether (sulfide) groups is 1. The fourth-order valence-corrected chi connectivity index (χ4v) is 4.67. The minimum atomic E-state index is -0.181. The van der Waals surface area contributed by atoms with Crippen molar-refractivity contribution in [2.45, 2.75) is 30.5 Å². The monoisotopic (exact) mass is 439 g/mol. The van der Waals surface area contributed by atoms with Crippen molar-refractivity contribution in [1.82, 2.24) is 10.3 Å². The van der Waals surface area contributed by atoms with Crippen molar-refractivity contribution in [2.75, 3.05) is 18.1 Å². The third kappa shape index (κ3) is 5.49. The number of aromatic nitrogens is 1. The van der Waals surface area contributed by atoms with Crippen LogP contribution in [0.5, 0.6) is 0 Å². The molecule has 3 aromatic rings. The third-order valence-corrected chi connectivity index (χ3v) is 6.61. The van der Waals surface area contributed by atoms with Gasteiger partial charge in [-0.15, -0.1) is 0 Å². The van der Waals surface area contributed by atoms with E-state index in [-0.39, 0.29) is 23.0 Å². The molecule has 5 nitrogen and oxygen atoms in total. The summed E-state index contributed by atoms with van der Waals surface area (Å²) in [5.41, 5.74) is 3.42. The molecule has 0 unspecified atom stereocenters. The van der Waals surface area contributed by atoms with E-state index in [1.807, 2.05) is 54.6 Å². The zero-order valence-corrected chi connectivity index (χ0v) is 19.1. The molecule has 0 bridgehead atoms. The van der Waals surface area contributed by atoms with E-state index in [1.165, 1.54) is 28.7 Å². The van der Waals surface area contributed by atoms with Crippen LogP contribution in [-0.4, -0.2) is 29.6 Å². The van der Waals surface area contributed by atoms with Crippen molar-refractivity contribution in [2.24, 2.45) is 0 Å². The van der Waals surface area contributed by atoms with Crippen LogP contribution < -0.4 is 10.6 Å². The molecule has 7 heteroatoms. The van der Waals surface area contributed by atoms with Crippen molar-refractivity contribution >= 4 is 39.9 Å². The Morgan fingerprint density at radius 2 is 1.70 bits per heavy atom. The standard InChI is InChI=1S/C23H25N3O2S2/c1-23(2,3)17-12-10-16(11-13-17)20(28)26-21-19(15-8-6-5-7-9-15)25-22(30-21)29-14-18(27)24-4/h5-13H,14H2,1-4H3,(H,24,27)(H,26,28). The average Bonchev–Trinajstić information content (AvgIpc) is 3.14. The van der Waals surface area contributed by atoms with E-state index in [4.69, 9.17) is 0 Å². The van der Waals surface area contributed by atoms with Gasteiger partial charge in [-0.3, -0.25) is 9.59 Å². The highest BCUT2D eigenvalue weighted by atomic mass is 32.2. The predicted octanol–water partition coefficient (Wildman–Crippen LogP) is 5.20. The van der Waals surface area contributed by atoms with E-state index in [2.05, 4.69) is 36.4 Å². The molecule has 156 valence electrons. The summed E-state index contributed by atoms with van der Waals surface area (Å²) in [6.45, 7) is 6.43. The van der Waals surface area contributed by atoms with Crippen LogP contribution in [0.1, 0.15) is 36.7 Å². The molecule has 30 heavy (non-hydrogen) atoms. The van der Waals surface area contributed by atoms with E-state index in [1.54, 1.807) is 7.05 Å². The van der Waals surface area contributed by atoms with Gasteiger partial charge >= 0.3 is 0 Å². The molecular weight excluding hydrogens is 414 g/mol. The summed E-state index contributed by atoms with van der Waals surface area (Å²) in [7, 11) is 1.61. The zero-order valence-electron chi connectivity index (χ0n) is 17.5. The second-order valence-electron chi connectivity index (χ2n) is 7.77. The first-order valence-electron chi connectivity index (χ1n) is 9.59. The Morgan fingerprint density at radius 3 is 2.30 bits per heavy atom. The van der Waals surface area contributed by atoms with Crippen LogP contribution in [0.4, 0.5) is 5.00 Å². The van der Waals surface area contributed by atoms with Crippen LogP contribution in [0.15, 0.2) is 58.9 Å². The second-order valence-corrected chi connectivity index (χ2v) is 9.99. The average molecular weight is 440 g/mol. The summed E-state index contributed by atoms with van der Waals surface area (Å²) < 4.78 is 0.732. The summed E-state index contributed by atoms with van der Waals surface area (Å²) in [6, 6.07) is 17.4. The van der Waals surface area contributed by atoms with Gasteiger partial charge in [0, 0.05) is 18.2 Å². The number of amides is 2. The van der Waals surface area contributed by atoms with Gasteiger partial charge in [-0.1, -0.05) is 86.3 Å². The quantitative estimate of drug-likeness (QED) is 0.518.